The van der Waals surface area contributed by atoms with Crippen LogP contribution in [0.2, 0.25) is 0 Å². The molecule has 0 bridgehead atoms. The minimum Gasteiger partial charge on any atom is -0.458 e. The average Bonchev–Trinajstić information content (AvgIpc) is 1.63. The lowest BCUT2D eigenvalue weighted by Crippen LogP contribution is -2.58. The van der Waals surface area contributed by atoms with Gasteiger partial charge in [0.1, 0.15) is 57.1 Å². The molecule has 15 heteroatoms. The smallest absolute Gasteiger partial charge is 0.256 e. The Morgan fingerprint density at radius 3 is 1.20 bits per heavy atom. The van der Waals surface area contributed by atoms with E-state index in [-0.39, 0.29) is 32.3 Å². The zero-order valence-corrected chi connectivity index (χ0v) is 73.7. The molecule has 9 aliphatic rings. The largest absolute Gasteiger partial charge is 0.458 e. The fourth-order valence-corrected chi connectivity index (χ4v) is 26.3. The standard InChI is InChI=1S/C33H21BN2O.C30H22BNO.C27H16BNO2.C27H16BNOS/c1-20-18-27-30-29(19-20)37-28-17-8-6-14-24(28)34(30)25-15-9-13-23-31(25)36(27)32-22-12-5-7-16-26(22)35(33(23)32)21-10-3-2-4-11-21;1-17-15-23-27-25(16-17)33-24-14-7-6-12-21(24)31(27)22-13-8-10-19-26-29(32(23)28(19)22)18-9-4-5-11-20(18)30(26,2)3;1-15-13-20-24-23(14-15)30-22-12-5-3-9-18(22)28(24)19-10-6-8-17-25(19)29(20)26-16-7-2-4-11-21(16)31-27(17)26;1-15-13-20-24-22(14-15)30-21-11-4-3-9-18(21)28(24)19-10-6-8-17-25(19)29(20)26-16-7-2-5-12-23(16)31-27(17)26/h2-19H,1H3;4-16H,1-3H3;2*2-14H,1H3. The van der Waals surface area contributed by atoms with Crippen LogP contribution in [0.25, 0.3) is 148 Å². The maximum atomic E-state index is 6.55. The van der Waals surface area contributed by atoms with Crippen molar-refractivity contribution >= 4 is 212 Å². The first kappa shape index (κ1) is 73.1. The monoisotopic (exact) mass is 1710 g/mol. The summed E-state index contributed by atoms with van der Waals surface area (Å²) in [7, 11) is 0. The first-order chi connectivity index (χ1) is 64.9. The molecule has 24 aromatic rings. The van der Waals surface area contributed by atoms with Crippen LogP contribution in [0.5, 0.6) is 46.0 Å². The molecule has 33 rings (SSSR count). The van der Waals surface area contributed by atoms with Crippen molar-refractivity contribution in [3.63, 3.8) is 0 Å². The number of benzene rings is 17. The molecular weight excluding hydrogens is 1630 g/mol. The highest BCUT2D eigenvalue weighted by Crippen LogP contribution is 2.56. The number of aryl methyl sites for hydroxylation is 4. The number of rotatable bonds is 1. The van der Waals surface area contributed by atoms with E-state index in [2.05, 4.69) is 398 Å². The number of aromatic nitrogens is 5. The van der Waals surface area contributed by atoms with Crippen molar-refractivity contribution in [3.05, 3.63) is 379 Å². The number of furan rings is 1. The molecule has 132 heavy (non-hydrogen) atoms. The van der Waals surface area contributed by atoms with E-state index in [1.54, 1.807) is 0 Å². The lowest BCUT2D eigenvalue weighted by atomic mass is 9.34. The Hall–Kier alpha value is -15.8. The molecule has 0 fully saturated rings. The van der Waals surface area contributed by atoms with Gasteiger partial charge in [0.05, 0.1) is 49.0 Å². The Morgan fingerprint density at radius 2 is 0.652 bits per heavy atom. The second-order valence-electron chi connectivity index (χ2n) is 37.7. The van der Waals surface area contributed by atoms with E-state index in [0.29, 0.717) is 0 Å². The van der Waals surface area contributed by atoms with Crippen molar-refractivity contribution in [2.75, 3.05) is 0 Å². The van der Waals surface area contributed by atoms with Crippen LogP contribution in [0.4, 0.5) is 0 Å². The van der Waals surface area contributed by atoms with E-state index < -0.39 is 0 Å². The summed E-state index contributed by atoms with van der Waals surface area (Å²) in [6.07, 6.45) is 0. The zero-order chi connectivity index (χ0) is 86.8. The summed E-state index contributed by atoms with van der Waals surface area (Å²) in [5.41, 5.74) is 45.3. The molecule has 1 aliphatic carbocycles. The summed E-state index contributed by atoms with van der Waals surface area (Å²) >= 11 is 1.90. The molecule has 0 amide bonds. The lowest BCUT2D eigenvalue weighted by Gasteiger charge is -2.34. The Bertz CT molecular complexity index is 9140. The van der Waals surface area contributed by atoms with Crippen LogP contribution in [-0.4, -0.2) is 49.7 Å². The molecule has 17 aromatic carbocycles. The first-order valence-electron chi connectivity index (χ1n) is 45.9. The van der Waals surface area contributed by atoms with Gasteiger partial charge in [0.2, 0.25) is 0 Å². The normalized spacial score (nSPS) is 13.9. The minimum atomic E-state index is -0.0463. The van der Waals surface area contributed by atoms with Crippen LogP contribution in [0.3, 0.4) is 0 Å². The van der Waals surface area contributed by atoms with Crippen LogP contribution < -0.4 is 84.5 Å². The molecule has 0 saturated carbocycles. The number of ether oxygens (including phenoxy) is 4. The Balaban J connectivity index is 0.0000000847. The number of hydrogen-bond donors (Lipinski definition) is 0. The van der Waals surface area contributed by atoms with Crippen LogP contribution in [0, 0.1) is 27.7 Å². The van der Waals surface area contributed by atoms with Crippen molar-refractivity contribution in [3.8, 4) is 85.7 Å². The highest BCUT2D eigenvalue weighted by atomic mass is 32.1. The van der Waals surface area contributed by atoms with E-state index in [9.17, 15) is 0 Å². The van der Waals surface area contributed by atoms with Gasteiger partial charge in [-0.25, -0.2) is 0 Å². The molecule has 0 unspecified atom stereocenters. The fourth-order valence-electron chi connectivity index (χ4n) is 25.1. The third kappa shape index (κ3) is 9.51. The highest BCUT2D eigenvalue weighted by molar-refractivity contribution is 7.26. The lowest BCUT2D eigenvalue weighted by molar-refractivity contribution is 0.486. The summed E-state index contributed by atoms with van der Waals surface area (Å²) in [5.74, 6) is 7.75. The van der Waals surface area contributed by atoms with Gasteiger partial charge >= 0.3 is 0 Å². The third-order valence-electron chi connectivity index (χ3n) is 30.0. The fraction of sp³-hybridized carbons (Fsp3) is 0.0598. The Morgan fingerprint density at radius 1 is 0.273 bits per heavy atom. The molecule has 0 atom stereocenters. The molecule has 8 aliphatic heterocycles. The van der Waals surface area contributed by atoms with Gasteiger partial charge in [-0.05, 0) is 242 Å². The van der Waals surface area contributed by atoms with E-state index in [4.69, 9.17) is 23.4 Å². The van der Waals surface area contributed by atoms with Crippen molar-refractivity contribution in [2.24, 2.45) is 0 Å². The second kappa shape index (κ2) is 26.2. The van der Waals surface area contributed by atoms with Crippen molar-refractivity contribution in [1.82, 2.24) is 22.8 Å². The maximum absolute atomic E-state index is 6.55. The number of para-hydroxylation sites is 11. The predicted molar refractivity (Wildman–Crippen MR) is 549 cm³/mol. The number of nitrogens with zero attached hydrogens (tertiary/aromatic N) is 5. The molecule has 7 aromatic heterocycles. The highest BCUT2D eigenvalue weighted by Gasteiger charge is 2.49. The van der Waals surface area contributed by atoms with Crippen LogP contribution in [0.15, 0.2) is 350 Å². The van der Waals surface area contributed by atoms with Crippen LogP contribution >= 0.6 is 11.3 Å². The summed E-state index contributed by atoms with van der Waals surface area (Å²) in [6, 6.07) is 125. The van der Waals surface area contributed by atoms with Gasteiger partial charge in [0.15, 0.2) is 5.58 Å². The van der Waals surface area contributed by atoms with Gasteiger partial charge in [-0.3, -0.25) is 0 Å². The number of fused-ring (bicyclic) bond motifs is 36. The minimum absolute atomic E-state index is 0.0463. The van der Waals surface area contributed by atoms with Gasteiger partial charge < -0.3 is 46.2 Å². The van der Waals surface area contributed by atoms with Gasteiger partial charge in [0.25, 0.3) is 26.9 Å². The summed E-state index contributed by atoms with van der Waals surface area (Å²) < 4.78 is 47.5. The topological polar surface area (TPSA) is 74.7 Å². The molecule has 15 heterocycles. The molecule has 0 saturated heterocycles. The third-order valence-corrected chi connectivity index (χ3v) is 31.2. The average molecular weight is 1710 g/mol. The van der Waals surface area contributed by atoms with E-state index >= 15 is 0 Å². The van der Waals surface area contributed by atoms with E-state index in [1.807, 2.05) is 23.5 Å². The summed E-state index contributed by atoms with van der Waals surface area (Å²) in [6.45, 7) is 14.1. The van der Waals surface area contributed by atoms with Crippen molar-refractivity contribution in [1.29, 1.82) is 0 Å². The van der Waals surface area contributed by atoms with Gasteiger partial charge in [-0.2, -0.15) is 0 Å². The quantitative estimate of drug-likeness (QED) is 0.153. The van der Waals surface area contributed by atoms with Crippen molar-refractivity contribution < 1.29 is 23.4 Å². The van der Waals surface area contributed by atoms with Crippen LogP contribution in [0.1, 0.15) is 47.2 Å². The zero-order valence-electron chi connectivity index (χ0n) is 72.9. The van der Waals surface area contributed by atoms with Gasteiger partial charge in [-0.1, -0.05) is 244 Å². The van der Waals surface area contributed by atoms with Gasteiger partial charge in [-0.15, -0.1) is 11.3 Å². The van der Waals surface area contributed by atoms with E-state index in [1.165, 1.54) is 224 Å². The molecule has 10 nitrogen and oxygen atoms in total. The maximum Gasteiger partial charge on any atom is 0.256 e. The molecule has 616 valence electrons. The molecule has 0 radical (unpaired) electrons. The number of thiophene rings is 1. The Labute approximate surface area is 764 Å². The molecular formula is C117H75B4N5O5S. The molecule has 0 spiro atoms. The van der Waals surface area contributed by atoms with E-state index in [0.717, 1.165) is 68.1 Å². The number of hydrogen-bond acceptors (Lipinski definition) is 6. The predicted octanol–water partition coefficient (Wildman–Crippen LogP) is 21.2. The SMILES string of the molecule is Cc1cc2c3c(c1)-n1c4c(c5cccc(c51)B3c1ccccc1O2)C(C)(C)c1ccccc1-4.Cc1cc2c3c(c1)-n1c4c(cccc4c4c1c1ccccc1n4-c1ccccc1)B3c1ccccc1O2.Cc1cc2c3c(c1)-n1c4c(cccc4c4oc5ccccc5c41)B3c1ccccc1O2.Cc1cc2c3c(c1)-n1c4c(cccc4c4sc5ccccc5c41)B3c1ccccc1O2. The summed E-state index contributed by atoms with van der Waals surface area (Å²) in [4.78, 5) is 0. The summed E-state index contributed by atoms with van der Waals surface area (Å²) in [5, 5.41) is 8.91. The second-order valence-corrected chi connectivity index (χ2v) is 38.8. The van der Waals surface area contributed by atoms with Crippen LogP contribution in [-0.2, 0) is 5.41 Å². The molecule has 0 N–H and O–H groups in total. The first-order valence-corrected chi connectivity index (χ1v) is 46.7. The van der Waals surface area contributed by atoms with Crippen molar-refractivity contribution in [2.45, 2.75) is 47.0 Å². The van der Waals surface area contributed by atoms with Gasteiger partial charge in [0, 0.05) is 87.3 Å². The Kier molecular flexibility index (Phi) is 14.5.